The van der Waals surface area contributed by atoms with Gasteiger partial charge in [0.05, 0.1) is 30.4 Å². The van der Waals surface area contributed by atoms with Crippen LogP contribution in [0.25, 0.3) is 0 Å². The van der Waals surface area contributed by atoms with Crippen molar-refractivity contribution in [1.29, 1.82) is 0 Å². The van der Waals surface area contributed by atoms with Crippen LogP contribution in [0.15, 0.2) is 18.6 Å². The second kappa shape index (κ2) is 6.63. The predicted octanol–water partition coefficient (Wildman–Crippen LogP) is 0.0736. The standard InChI is InChI=1S/C11H12N6OS/c12-4-1-2-9-8-13-11(19-9)15-10(18)3-6-17-7-5-14-16-17/h5,7-8H,3-4,6,12H2,(H,13,15,18). The number of carbonyl (C=O) groups excluding carboxylic acids is 1. The first-order valence-electron chi connectivity index (χ1n) is 5.56. The van der Waals surface area contributed by atoms with Crippen molar-refractivity contribution in [2.75, 3.05) is 11.9 Å². The molecule has 0 aliphatic heterocycles. The fourth-order valence-corrected chi connectivity index (χ4v) is 1.98. The molecule has 2 rings (SSSR count). The monoisotopic (exact) mass is 276 g/mol. The first-order valence-corrected chi connectivity index (χ1v) is 6.38. The highest BCUT2D eigenvalue weighted by Gasteiger charge is 2.06. The Morgan fingerprint density at radius 3 is 3.21 bits per heavy atom. The lowest BCUT2D eigenvalue weighted by atomic mass is 10.4. The van der Waals surface area contributed by atoms with E-state index >= 15 is 0 Å². The second-order valence-corrected chi connectivity index (χ2v) is 4.53. The minimum absolute atomic E-state index is 0.122. The number of anilines is 1. The van der Waals surface area contributed by atoms with Crippen LogP contribution in [0.5, 0.6) is 0 Å². The van der Waals surface area contributed by atoms with Crippen molar-refractivity contribution in [3.8, 4) is 11.8 Å². The maximum atomic E-state index is 11.7. The molecule has 0 radical (unpaired) electrons. The number of nitrogens with two attached hydrogens (primary N) is 1. The quantitative estimate of drug-likeness (QED) is 0.770. The van der Waals surface area contributed by atoms with Crippen LogP contribution < -0.4 is 11.1 Å². The van der Waals surface area contributed by atoms with E-state index in [9.17, 15) is 4.79 Å². The molecule has 2 aromatic heterocycles. The summed E-state index contributed by atoms with van der Waals surface area (Å²) in [6, 6.07) is 0. The Balaban J connectivity index is 1.83. The minimum atomic E-state index is -0.122. The van der Waals surface area contributed by atoms with Gasteiger partial charge in [-0.05, 0) is 0 Å². The molecule has 0 saturated carbocycles. The third-order valence-corrected chi connectivity index (χ3v) is 2.93. The van der Waals surface area contributed by atoms with E-state index in [2.05, 4.69) is 32.5 Å². The number of aromatic nitrogens is 4. The molecule has 19 heavy (non-hydrogen) atoms. The molecule has 1 amide bonds. The van der Waals surface area contributed by atoms with E-state index in [-0.39, 0.29) is 5.91 Å². The van der Waals surface area contributed by atoms with Crippen molar-refractivity contribution in [2.45, 2.75) is 13.0 Å². The molecule has 7 nitrogen and oxygen atoms in total. The molecule has 2 heterocycles. The molecular formula is C11H12N6OS. The third-order valence-electron chi connectivity index (χ3n) is 2.11. The number of thiazole rings is 1. The summed E-state index contributed by atoms with van der Waals surface area (Å²) in [7, 11) is 0. The maximum absolute atomic E-state index is 11.7. The molecule has 0 aliphatic rings. The number of carbonyl (C=O) groups is 1. The van der Waals surface area contributed by atoms with Gasteiger partial charge in [-0.2, -0.15) is 0 Å². The van der Waals surface area contributed by atoms with Crippen LogP contribution in [0, 0.1) is 11.8 Å². The summed E-state index contributed by atoms with van der Waals surface area (Å²) in [5.74, 6) is 5.47. The molecule has 0 fully saturated rings. The molecule has 0 saturated heterocycles. The van der Waals surface area contributed by atoms with Crippen LogP contribution in [-0.4, -0.2) is 32.4 Å². The van der Waals surface area contributed by atoms with Crippen molar-refractivity contribution >= 4 is 22.4 Å². The van der Waals surface area contributed by atoms with E-state index < -0.39 is 0 Å². The molecule has 2 aromatic rings. The lowest BCUT2D eigenvalue weighted by molar-refractivity contribution is -0.116. The van der Waals surface area contributed by atoms with Gasteiger partial charge in [0.15, 0.2) is 5.13 Å². The number of hydrogen-bond donors (Lipinski definition) is 2. The largest absolute Gasteiger partial charge is 0.320 e. The van der Waals surface area contributed by atoms with E-state index in [0.717, 1.165) is 4.88 Å². The van der Waals surface area contributed by atoms with Crippen LogP contribution in [-0.2, 0) is 11.3 Å². The zero-order chi connectivity index (χ0) is 13.5. The zero-order valence-corrected chi connectivity index (χ0v) is 10.9. The highest BCUT2D eigenvalue weighted by Crippen LogP contribution is 2.16. The molecule has 3 N–H and O–H groups in total. The Hall–Kier alpha value is -2.24. The smallest absolute Gasteiger partial charge is 0.228 e. The molecule has 8 heteroatoms. The molecule has 0 aliphatic carbocycles. The van der Waals surface area contributed by atoms with Gasteiger partial charge in [-0.1, -0.05) is 28.4 Å². The first kappa shape index (κ1) is 13.2. The van der Waals surface area contributed by atoms with E-state index in [4.69, 9.17) is 5.73 Å². The van der Waals surface area contributed by atoms with Gasteiger partial charge in [-0.25, -0.2) is 4.98 Å². The predicted molar refractivity (Wildman–Crippen MR) is 71.3 cm³/mol. The summed E-state index contributed by atoms with van der Waals surface area (Å²) >= 11 is 1.32. The lowest BCUT2D eigenvalue weighted by Gasteiger charge is -2.00. The molecule has 0 unspecified atom stereocenters. The van der Waals surface area contributed by atoms with Crippen molar-refractivity contribution in [3.05, 3.63) is 23.5 Å². The van der Waals surface area contributed by atoms with Crippen molar-refractivity contribution in [1.82, 2.24) is 20.0 Å². The number of aryl methyl sites for hydroxylation is 1. The number of nitrogens with one attached hydrogen (secondary N) is 1. The lowest BCUT2D eigenvalue weighted by Crippen LogP contribution is -2.14. The summed E-state index contributed by atoms with van der Waals surface area (Å²) in [6.45, 7) is 0.786. The number of amides is 1. The summed E-state index contributed by atoms with van der Waals surface area (Å²) in [6.07, 6.45) is 5.20. The Morgan fingerprint density at radius 1 is 1.58 bits per heavy atom. The van der Waals surface area contributed by atoms with Gasteiger partial charge in [-0.15, -0.1) is 5.10 Å². The third kappa shape index (κ3) is 4.17. The molecular weight excluding hydrogens is 264 g/mol. The maximum Gasteiger partial charge on any atom is 0.228 e. The van der Waals surface area contributed by atoms with Crippen LogP contribution in [0.2, 0.25) is 0 Å². The molecule has 0 spiro atoms. The number of hydrogen-bond acceptors (Lipinski definition) is 6. The average molecular weight is 276 g/mol. The molecule has 98 valence electrons. The van der Waals surface area contributed by atoms with E-state index in [0.29, 0.717) is 24.6 Å². The Morgan fingerprint density at radius 2 is 2.47 bits per heavy atom. The van der Waals surface area contributed by atoms with Crippen molar-refractivity contribution < 1.29 is 4.79 Å². The van der Waals surface area contributed by atoms with Gasteiger partial charge in [0.2, 0.25) is 5.91 Å². The minimum Gasteiger partial charge on any atom is -0.320 e. The SMILES string of the molecule is NCC#Cc1cnc(NC(=O)CCn2ccnn2)s1. The molecule has 0 aromatic carbocycles. The van der Waals surface area contributed by atoms with Gasteiger partial charge in [-0.3, -0.25) is 9.48 Å². The Labute approximate surface area is 113 Å². The molecule has 0 bridgehead atoms. The highest BCUT2D eigenvalue weighted by atomic mass is 32.1. The molecule has 0 atom stereocenters. The topological polar surface area (TPSA) is 98.7 Å². The average Bonchev–Trinajstić information content (AvgIpc) is 3.05. The van der Waals surface area contributed by atoms with E-state index in [1.165, 1.54) is 11.3 Å². The van der Waals surface area contributed by atoms with Crippen LogP contribution in [0.1, 0.15) is 11.3 Å². The summed E-state index contributed by atoms with van der Waals surface area (Å²) in [5.41, 5.74) is 5.28. The normalized spacial score (nSPS) is 9.74. The van der Waals surface area contributed by atoms with Gasteiger partial charge < -0.3 is 11.1 Å². The first-order chi connectivity index (χ1) is 9.28. The number of nitrogens with zero attached hydrogens (tertiary/aromatic N) is 4. The fourth-order valence-electron chi connectivity index (χ4n) is 1.28. The van der Waals surface area contributed by atoms with Gasteiger partial charge in [0.1, 0.15) is 0 Å². The Bertz CT molecular complexity index is 594. The zero-order valence-electron chi connectivity index (χ0n) is 10.0. The summed E-state index contributed by atoms with van der Waals surface area (Å²) < 4.78 is 1.60. The Kier molecular flexibility index (Phi) is 4.60. The van der Waals surface area contributed by atoms with Crippen LogP contribution >= 0.6 is 11.3 Å². The van der Waals surface area contributed by atoms with Gasteiger partial charge >= 0.3 is 0 Å². The summed E-state index contributed by atoms with van der Waals surface area (Å²) in [5, 5.41) is 10.7. The van der Waals surface area contributed by atoms with Crippen molar-refractivity contribution in [2.24, 2.45) is 5.73 Å². The van der Waals surface area contributed by atoms with Crippen LogP contribution in [0.3, 0.4) is 0 Å². The second-order valence-electron chi connectivity index (χ2n) is 3.50. The van der Waals surface area contributed by atoms with Crippen LogP contribution in [0.4, 0.5) is 5.13 Å². The highest BCUT2D eigenvalue weighted by molar-refractivity contribution is 7.16. The number of rotatable bonds is 4. The summed E-state index contributed by atoms with van der Waals surface area (Å²) in [4.78, 5) is 16.5. The van der Waals surface area contributed by atoms with E-state index in [1.807, 2.05) is 0 Å². The van der Waals surface area contributed by atoms with Crippen molar-refractivity contribution in [3.63, 3.8) is 0 Å². The van der Waals surface area contributed by atoms with Gasteiger partial charge in [0.25, 0.3) is 0 Å². The fraction of sp³-hybridized carbons (Fsp3) is 0.273. The van der Waals surface area contributed by atoms with Gasteiger partial charge in [0, 0.05) is 12.6 Å². The van der Waals surface area contributed by atoms with E-state index in [1.54, 1.807) is 23.3 Å².